The number of hydrogen-bond acceptors (Lipinski definition) is 7. The lowest BCUT2D eigenvalue weighted by Gasteiger charge is -2.31. The SMILES string of the molecule is Cc1ccn(CCC(=O)N2CCO[C@H](c3nc(Cc4cccs4)no3)C2)n1. The Balaban J connectivity index is 1.33. The molecule has 9 heteroatoms. The Morgan fingerprint density at radius 2 is 2.33 bits per heavy atom. The van der Waals surface area contributed by atoms with E-state index in [2.05, 4.69) is 15.2 Å². The zero-order valence-corrected chi connectivity index (χ0v) is 15.9. The second kappa shape index (κ2) is 8.01. The van der Waals surface area contributed by atoms with E-state index in [4.69, 9.17) is 9.26 Å². The molecule has 0 radical (unpaired) electrons. The first-order valence-electron chi connectivity index (χ1n) is 8.91. The van der Waals surface area contributed by atoms with Crippen molar-refractivity contribution < 1.29 is 14.1 Å². The summed E-state index contributed by atoms with van der Waals surface area (Å²) in [4.78, 5) is 20.0. The zero-order chi connectivity index (χ0) is 18.6. The molecule has 8 nitrogen and oxygen atoms in total. The summed E-state index contributed by atoms with van der Waals surface area (Å²) in [5.74, 6) is 1.14. The molecule has 27 heavy (non-hydrogen) atoms. The van der Waals surface area contributed by atoms with Crippen LogP contribution in [0.15, 0.2) is 34.3 Å². The summed E-state index contributed by atoms with van der Waals surface area (Å²) >= 11 is 1.66. The molecule has 142 valence electrons. The van der Waals surface area contributed by atoms with Crippen LogP contribution >= 0.6 is 11.3 Å². The number of aromatic nitrogens is 4. The molecule has 1 saturated heterocycles. The first-order valence-corrected chi connectivity index (χ1v) is 9.79. The minimum Gasteiger partial charge on any atom is -0.365 e. The normalized spacial score (nSPS) is 17.4. The highest BCUT2D eigenvalue weighted by Gasteiger charge is 2.29. The first kappa shape index (κ1) is 17.9. The van der Waals surface area contributed by atoms with Crippen molar-refractivity contribution in [2.75, 3.05) is 19.7 Å². The van der Waals surface area contributed by atoms with Crippen LogP contribution < -0.4 is 0 Å². The molecule has 0 spiro atoms. The van der Waals surface area contributed by atoms with Crippen molar-refractivity contribution >= 4 is 17.2 Å². The Morgan fingerprint density at radius 3 is 3.11 bits per heavy atom. The molecular formula is C18H21N5O3S. The number of carbonyl (C=O) groups is 1. The van der Waals surface area contributed by atoms with E-state index in [0.29, 0.717) is 50.8 Å². The molecule has 3 aromatic rings. The van der Waals surface area contributed by atoms with Gasteiger partial charge in [0.1, 0.15) is 0 Å². The van der Waals surface area contributed by atoms with E-state index in [9.17, 15) is 4.79 Å². The largest absolute Gasteiger partial charge is 0.365 e. The smallest absolute Gasteiger partial charge is 0.257 e. The molecule has 0 saturated carbocycles. The van der Waals surface area contributed by atoms with Crippen LogP contribution in [0.4, 0.5) is 0 Å². The van der Waals surface area contributed by atoms with Crippen molar-refractivity contribution in [3.05, 3.63) is 52.1 Å². The molecule has 1 amide bonds. The van der Waals surface area contributed by atoms with Crippen molar-refractivity contribution in [3.63, 3.8) is 0 Å². The lowest BCUT2D eigenvalue weighted by Crippen LogP contribution is -2.42. The molecule has 3 aromatic heterocycles. The van der Waals surface area contributed by atoms with Gasteiger partial charge in [-0.05, 0) is 24.4 Å². The minimum absolute atomic E-state index is 0.0785. The summed E-state index contributed by atoms with van der Waals surface area (Å²) < 4.78 is 12.9. The molecule has 0 bridgehead atoms. The number of morpholine rings is 1. The van der Waals surface area contributed by atoms with Gasteiger partial charge in [-0.3, -0.25) is 9.48 Å². The maximum absolute atomic E-state index is 12.5. The number of aryl methyl sites for hydroxylation is 2. The predicted molar refractivity (Wildman–Crippen MR) is 98.3 cm³/mol. The Kier molecular flexibility index (Phi) is 5.30. The summed E-state index contributed by atoms with van der Waals surface area (Å²) in [5, 5.41) is 10.4. The van der Waals surface area contributed by atoms with Gasteiger partial charge in [0.2, 0.25) is 5.91 Å². The fourth-order valence-corrected chi connectivity index (χ4v) is 3.72. The third-order valence-electron chi connectivity index (χ3n) is 4.42. The maximum Gasteiger partial charge on any atom is 0.257 e. The summed E-state index contributed by atoms with van der Waals surface area (Å²) in [6.07, 6.45) is 2.55. The summed E-state index contributed by atoms with van der Waals surface area (Å²) in [6.45, 7) is 3.96. The second-order valence-electron chi connectivity index (χ2n) is 6.47. The van der Waals surface area contributed by atoms with Crippen LogP contribution in [0.3, 0.4) is 0 Å². The molecule has 0 aliphatic carbocycles. The standard InChI is InChI=1S/C18H21N5O3S/c1-13-4-6-23(20-13)7-5-17(24)22-8-9-25-15(12-22)18-19-16(21-26-18)11-14-3-2-10-27-14/h2-4,6,10,15H,5,7-9,11-12H2,1H3/t15-/m0/s1. The number of rotatable bonds is 6. The van der Waals surface area contributed by atoms with E-state index in [1.54, 1.807) is 20.9 Å². The van der Waals surface area contributed by atoms with Gasteiger partial charge in [-0.15, -0.1) is 11.3 Å². The van der Waals surface area contributed by atoms with Gasteiger partial charge in [0.25, 0.3) is 5.89 Å². The van der Waals surface area contributed by atoms with Crippen LogP contribution in [0.5, 0.6) is 0 Å². The van der Waals surface area contributed by atoms with E-state index in [0.717, 1.165) is 5.69 Å². The maximum atomic E-state index is 12.5. The van der Waals surface area contributed by atoms with Crippen LogP contribution in [0, 0.1) is 6.92 Å². The van der Waals surface area contributed by atoms with E-state index >= 15 is 0 Å². The van der Waals surface area contributed by atoms with Gasteiger partial charge in [0.15, 0.2) is 11.9 Å². The Hall–Kier alpha value is -2.52. The fraction of sp³-hybridized carbons (Fsp3) is 0.444. The fourth-order valence-electron chi connectivity index (χ4n) is 3.02. The van der Waals surface area contributed by atoms with E-state index < -0.39 is 0 Å². The summed E-state index contributed by atoms with van der Waals surface area (Å²) in [7, 11) is 0. The highest BCUT2D eigenvalue weighted by atomic mass is 32.1. The van der Waals surface area contributed by atoms with Crippen LogP contribution in [0.25, 0.3) is 0 Å². The monoisotopic (exact) mass is 387 g/mol. The molecular weight excluding hydrogens is 366 g/mol. The van der Waals surface area contributed by atoms with Gasteiger partial charge in [0.05, 0.1) is 18.8 Å². The van der Waals surface area contributed by atoms with E-state index in [1.807, 2.05) is 36.7 Å². The van der Waals surface area contributed by atoms with Crippen LogP contribution in [0.2, 0.25) is 0 Å². The Bertz CT molecular complexity index is 889. The van der Waals surface area contributed by atoms with Crippen molar-refractivity contribution in [1.29, 1.82) is 0 Å². The Labute approximate surface area is 160 Å². The van der Waals surface area contributed by atoms with Gasteiger partial charge >= 0.3 is 0 Å². The van der Waals surface area contributed by atoms with E-state index in [-0.39, 0.29) is 12.0 Å². The average molecular weight is 387 g/mol. The van der Waals surface area contributed by atoms with Crippen LogP contribution in [-0.2, 0) is 22.5 Å². The molecule has 1 atom stereocenters. The van der Waals surface area contributed by atoms with Crippen LogP contribution in [-0.4, -0.2) is 50.4 Å². The first-order chi connectivity index (χ1) is 13.2. The molecule has 1 fully saturated rings. The predicted octanol–water partition coefficient (Wildman–Crippen LogP) is 2.22. The van der Waals surface area contributed by atoms with E-state index in [1.165, 1.54) is 4.88 Å². The highest BCUT2D eigenvalue weighted by molar-refractivity contribution is 7.09. The molecule has 0 unspecified atom stereocenters. The quantitative estimate of drug-likeness (QED) is 0.645. The van der Waals surface area contributed by atoms with Gasteiger partial charge in [-0.1, -0.05) is 11.2 Å². The molecule has 1 aliphatic heterocycles. The molecule has 1 aliphatic rings. The third kappa shape index (κ3) is 4.42. The third-order valence-corrected chi connectivity index (χ3v) is 5.30. The molecule has 0 N–H and O–H groups in total. The summed E-state index contributed by atoms with van der Waals surface area (Å²) in [6, 6.07) is 5.97. The number of nitrogens with zero attached hydrogens (tertiary/aromatic N) is 5. The topological polar surface area (TPSA) is 86.3 Å². The number of ether oxygens (including phenoxy) is 1. The number of amides is 1. The Morgan fingerprint density at radius 1 is 1.41 bits per heavy atom. The molecule has 4 heterocycles. The molecule has 4 rings (SSSR count). The van der Waals surface area contributed by atoms with Crippen LogP contribution in [0.1, 0.15) is 34.8 Å². The minimum atomic E-state index is -0.376. The number of thiophene rings is 1. The zero-order valence-electron chi connectivity index (χ0n) is 15.1. The number of hydrogen-bond donors (Lipinski definition) is 0. The lowest BCUT2D eigenvalue weighted by molar-refractivity contribution is -0.140. The van der Waals surface area contributed by atoms with Gasteiger partial charge < -0.3 is 14.2 Å². The lowest BCUT2D eigenvalue weighted by atomic mass is 10.2. The molecule has 0 aromatic carbocycles. The number of carbonyl (C=O) groups excluding carboxylic acids is 1. The highest BCUT2D eigenvalue weighted by Crippen LogP contribution is 2.22. The van der Waals surface area contributed by atoms with Crippen molar-refractivity contribution in [2.24, 2.45) is 0 Å². The van der Waals surface area contributed by atoms with Gasteiger partial charge in [-0.2, -0.15) is 10.1 Å². The summed E-state index contributed by atoms with van der Waals surface area (Å²) in [5.41, 5.74) is 0.948. The second-order valence-corrected chi connectivity index (χ2v) is 7.51. The van der Waals surface area contributed by atoms with Crippen molar-refractivity contribution in [3.8, 4) is 0 Å². The van der Waals surface area contributed by atoms with Gasteiger partial charge in [-0.25, -0.2) is 0 Å². The van der Waals surface area contributed by atoms with Crippen molar-refractivity contribution in [2.45, 2.75) is 32.4 Å². The average Bonchev–Trinajstić information content (AvgIpc) is 3.43. The van der Waals surface area contributed by atoms with Crippen molar-refractivity contribution in [1.82, 2.24) is 24.8 Å². The van der Waals surface area contributed by atoms with Gasteiger partial charge in [0, 0.05) is 37.0 Å².